The second-order valence-corrected chi connectivity index (χ2v) is 15.0. The number of hydrogen-bond donors (Lipinski definition) is 2. The van der Waals surface area contributed by atoms with Gasteiger partial charge in [0.1, 0.15) is 0 Å². The van der Waals surface area contributed by atoms with E-state index in [9.17, 15) is 10.2 Å². The lowest BCUT2D eigenvalue weighted by atomic mass is 9.44. The largest absolute Gasteiger partial charge is 0.391 e. The van der Waals surface area contributed by atoms with E-state index in [1.807, 2.05) is 0 Å². The fourth-order valence-corrected chi connectivity index (χ4v) is 11.1. The molecule has 0 aromatic carbocycles. The molecule has 0 radical (unpaired) electrons. The highest BCUT2D eigenvalue weighted by molar-refractivity contribution is 5.14. The Morgan fingerprint density at radius 3 is 2.11 bits per heavy atom. The van der Waals surface area contributed by atoms with E-state index in [-0.39, 0.29) is 29.5 Å². The van der Waals surface area contributed by atoms with Gasteiger partial charge in [0.05, 0.1) is 25.4 Å². The average molecular weight is 532 g/mol. The van der Waals surface area contributed by atoms with Gasteiger partial charge in [0.15, 0.2) is 5.79 Å². The van der Waals surface area contributed by atoms with Gasteiger partial charge in [0.2, 0.25) is 0 Å². The fourth-order valence-electron chi connectivity index (χ4n) is 11.1. The van der Waals surface area contributed by atoms with Gasteiger partial charge in [0.25, 0.3) is 0 Å². The van der Waals surface area contributed by atoms with Crippen LogP contribution in [0.25, 0.3) is 0 Å². The van der Waals surface area contributed by atoms with E-state index in [4.69, 9.17) is 9.47 Å². The van der Waals surface area contributed by atoms with E-state index < -0.39 is 0 Å². The van der Waals surface area contributed by atoms with Gasteiger partial charge in [-0.1, -0.05) is 13.8 Å². The average Bonchev–Trinajstić information content (AvgIpc) is 3.47. The van der Waals surface area contributed by atoms with E-state index in [2.05, 4.69) is 35.6 Å². The maximum absolute atomic E-state index is 11.8. The highest BCUT2D eigenvalue weighted by Gasteiger charge is 2.64. The molecule has 7 rings (SSSR count). The van der Waals surface area contributed by atoms with Crippen molar-refractivity contribution >= 4 is 0 Å². The standard InChI is InChI=1S/C31H53N3O4/c1-29-7-6-23-22(24(29)19-25(28(29)36)34-14-12-32(3)13-15-34)5-4-21-18-27(35)26(20-30(21,23)2)33-10-8-31(9-11-33)37-16-17-38-31/h21-28,35-36H,4-20H2,1-3H3/t21?,22-,23-,24+,25?,26?,27?,28?,29+,30+/m1/s1. The zero-order valence-corrected chi connectivity index (χ0v) is 24.2. The molecule has 0 bridgehead atoms. The molecule has 4 saturated carbocycles. The summed E-state index contributed by atoms with van der Waals surface area (Å²) in [7, 11) is 2.22. The molecule has 0 aromatic rings. The van der Waals surface area contributed by atoms with Crippen molar-refractivity contribution in [1.29, 1.82) is 0 Å². The Morgan fingerprint density at radius 1 is 0.711 bits per heavy atom. The minimum absolute atomic E-state index is 0.0639. The molecule has 4 aliphatic carbocycles. The molecule has 5 unspecified atom stereocenters. The number of likely N-dealkylation sites (N-methyl/N-ethyl adjacent to an activating group) is 1. The maximum Gasteiger partial charge on any atom is 0.170 e. The van der Waals surface area contributed by atoms with Gasteiger partial charge < -0.3 is 24.6 Å². The highest BCUT2D eigenvalue weighted by Crippen LogP contribution is 2.66. The number of hydrogen-bond acceptors (Lipinski definition) is 7. The summed E-state index contributed by atoms with van der Waals surface area (Å²) in [4.78, 5) is 7.64. The van der Waals surface area contributed by atoms with Gasteiger partial charge >= 0.3 is 0 Å². The quantitative estimate of drug-likeness (QED) is 0.568. The first-order chi connectivity index (χ1) is 18.2. The maximum atomic E-state index is 11.8. The summed E-state index contributed by atoms with van der Waals surface area (Å²) >= 11 is 0. The van der Waals surface area contributed by atoms with Gasteiger partial charge in [0, 0.05) is 64.2 Å². The minimum atomic E-state index is -0.351. The predicted octanol–water partition coefficient (Wildman–Crippen LogP) is 2.79. The van der Waals surface area contributed by atoms with E-state index in [1.165, 1.54) is 32.1 Å². The number of rotatable bonds is 2. The Morgan fingerprint density at radius 2 is 1.39 bits per heavy atom. The van der Waals surface area contributed by atoms with Crippen LogP contribution in [0.3, 0.4) is 0 Å². The van der Waals surface area contributed by atoms with Crippen molar-refractivity contribution in [3.63, 3.8) is 0 Å². The van der Waals surface area contributed by atoms with Crippen LogP contribution in [0.4, 0.5) is 0 Å². The molecule has 7 fully saturated rings. The van der Waals surface area contributed by atoms with Gasteiger partial charge in [-0.3, -0.25) is 9.80 Å². The van der Waals surface area contributed by atoms with Crippen molar-refractivity contribution < 1.29 is 19.7 Å². The summed E-state index contributed by atoms with van der Waals surface area (Å²) in [6.45, 7) is 12.9. The van der Waals surface area contributed by atoms with Crippen LogP contribution < -0.4 is 0 Å². The Kier molecular flexibility index (Phi) is 6.75. The molecule has 3 heterocycles. The summed E-state index contributed by atoms with van der Waals surface area (Å²) < 4.78 is 12.0. The Bertz CT molecular complexity index is 865. The molecule has 10 atom stereocenters. The second kappa shape index (κ2) is 9.64. The summed E-state index contributed by atoms with van der Waals surface area (Å²) in [5.41, 5.74) is 0.356. The lowest BCUT2D eigenvalue weighted by molar-refractivity contribution is -0.200. The molecule has 0 aromatic heterocycles. The van der Waals surface area contributed by atoms with Crippen LogP contribution in [-0.4, -0.2) is 115 Å². The third kappa shape index (κ3) is 4.08. The fraction of sp³-hybridized carbons (Fsp3) is 1.00. The second-order valence-electron chi connectivity index (χ2n) is 15.0. The van der Waals surface area contributed by atoms with E-state index in [1.54, 1.807) is 0 Å². The molecule has 2 N–H and O–H groups in total. The van der Waals surface area contributed by atoms with E-state index >= 15 is 0 Å². The molecular weight excluding hydrogens is 478 g/mol. The van der Waals surface area contributed by atoms with E-state index in [0.717, 1.165) is 90.0 Å². The minimum Gasteiger partial charge on any atom is -0.391 e. The molecule has 7 aliphatic rings. The Labute approximate surface area is 230 Å². The number of piperidine rings is 1. The predicted molar refractivity (Wildman–Crippen MR) is 147 cm³/mol. The van der Waals surface area contributed by atoms with Gasteiger partial charge in [-0.05, 0) is 86.5 Å². The molecule has 7 heteroatoms. The van der Waals surface area contributed by atoms with Crippen LogP contribution in [0.15, 0.2) is 0 Å². The molecule has 0 amide bonds. The zero-order chi connectivity index (χ0) is 26.3. The monoisotopic (exact) mass is 531 g/mol. The molecule has 216 valence electrons. The van der Waals surface area contributed by atoms with Crippen molar-refractivity contribution in [3.05, 3.63) is 0 Å². The number of aliphatic hydroxyl groups is 2. The number of likely N-dealkylation sites (tertiary alicyclic amines) is 1. The number of fused-ring (bicyclic) bond motifs is 5. The molecule has 7 nitrogen and oxygen atoms in total. The van der Waals surface area contributed by atoms with Crippen molar-refractivity contribution in [1.82, 2.24) is 14.7 Å². The summed E-state index contributed by atoms with van der Waals surface area (Å²) in [5.74, 6) is 2.37. The first-order valence-electron chi connectivity index (χ1n) is 16.0. The lowest BCUT2D eigenvalue weighted by Crippen LogP contribution is -2.61. The summed E-state index contributed by atoms with van der Waals surface area (Å²) in [5, 5.41) is 23.2. The first-order valence-corrected chi connectivity index (χ1v) is 16.0. The molecule has 1 spiro atoms. The number of nitrogens with zero attached hydrogens (tertiary/aromatic N) is 3. The number of ether oxygens (including phenoxy) is 2. The smallest absolute Gasteiger partial charge is 0.170 e. The first kappa shape index (κ1) is 26.6. The number of aliphatic hydroxyl groups excluding tert-OH is 2. The number of piperazine rings is 1. The van der Waals surface area contributed by atoms with Crippen LogP contribution in [0, 0.1) is 34.5 Å². The van der Waals surface area contributed by atoms with Crippen molar-refractivity contribution in [2.24, 2.45) is 34.5 Å². The van der Waals surface area contributed by atoms with Crippen LogP contribution in [0.2, 0.25) is 0 Å². The Hall–Kier alpha value is -0.280. The molecule has 3 saturated heterocycles. The zero-order valence-electron chi connectivity index (χ0n) is 24.2. The lowest BCUT2D eigenvalue weighted by Gasteiger charge is -2.62. The van der Waals surface area contributed by atoms with Crippen LogP contribution in [-0.2, 0) is 9.47 Å². The van der Waals surface area contributed by atoms with Gasteiger partial charge in [-0.25, -0.2) is 0 Å². The van der Waals surface area contributed by atoms with Crippen molar-refractivity contribution in [2.75, 3.05) is 59.5 Å². The summed E-state index contributed by atoms with van der Waals surface area (Å²) in [6.07, 6.45) is 9.70. The highest BCUT2D eigenvalue weighted by atomic mass is 16.7. The van der Waals surface area contributed by atoms with Crippen molar-refractivity contribution in [3.8, 4) is 0 Å². The normalized spacial score (nSPS) is 52.0. The molecule has 3 aliphatic heterocycles. The SMILES string of the molecule is CN1CCN(C2C[C@H]3[C@@H]4CCC5CC(O)C(N6CCC7(CC6)OCCO7)C[C@]5(C)[C@@H]4CC[C@]3(C)C2O)CC1. The Balaban J connectivity index is 1.08. The van der Waals surface area contributed by atoms with Crippen LogP contribution in [0.1, 0.15) is 71.6 Å². The third-order valence-electron chi connectivity index (χ3n) is 13.5. The molecule has 38 heavy (non-hydrogen) atoms. The van der Waals surface area contributed by atoms with Crippen LogP contribution >= 0.6 is 0 Å². The van der Waals surface area contributed by atoms with Gasteiger partial charge in [-0.15, -0.1) is 0 Å². The topological polar surface area (TPSA) is 68.6 Å². The van der Waals surface area contributed by atoms with E-state index in [0.29, 0.717) is 23.3 Å². The van der Waals surface area contributed by atoms with Gasteiger partial charge in [-0.2, -0.15) is 0 Å². The molecular formula is C31H53N3O4. The summed E-state index contributed by atoms with van der Waals surface area (Å²) in [6, 6.07) is 0.596. The van der Waals surface area contributed by atoms with Crippen LogP contribution in [0.5, 0.6) is 0 Å². The van der Waals surface area contributed by atoms with Crippen molar-refractivity contribution in [2.45, 2.75) is 102 Å². The third-order valence-corrected chi connectivity index (χ3v) is 13.5.